The van der Waals surface area contributed by atoms with Crippen LogP contribution >= 0.6 is 11.8 Å². The topological polar surface area (TPSA) is 178 Å². The molecule has 47 heavy (non-hydrogen) atoms. The van der Waals surface area contributed by atoms with Crippen LogP contribution in [-0.2, 0) is 36.9 Å². The number of nitrogens with one attached hydrogen (secondary N) is 5. The van der Waals surface area contributed by atoms with Gasteiger partial charge in [0.25, 0.3) is 0 Å². The van der Waals surface area contributed by atoms with Gasteiger partial charge in [-0.1, -0.05) is 31.4 Å². The average molecular weight is 681 g/mol. The highest BCUT2D eigenvalue weighted by Gasteiger charge is 2.42. The Labute approximate surface area is 283 Å². The van der Waals surface area contributed by atoms with Crippen LogP contribution in [0.5, 0.6) is 0 Å². The Kier molecular flexibility index (Phi) is 19.2. The normalized spacial score (nSPS) is 18.4. The number of ether oxygens (including phenoxy) is 2. The van der Waals surface area contributed by atoms with Gasteiger partial charge in [-0.25, -0.2) is 9.48 Å². The third-order valence-corrected chi connectivity index (χ3v) is 9.63. The summed E-state index contributed by atoms with van der Waals surface area (Å²) in [6.45, 7) is 6.68. The number of carbonyl (C=O) groups excluding carboxylic acids is 4. The van der Waals surface area contributed by atoms with Crippen LogP contribution in [0.3, 0.4) is 0 Å². The third-order valence-electron chi connectivity index (χ3n) is 8.12. The summed E-state index contributed by atoms with van der Waals surface area (Å²) in [5, 5.41) is 23.4. The SMILES string of the molecule is CCCOCCOCCn1cc(CNC(=O)CCCCCNC(=O)CCCCCNC(=O)CCCCC2SCC3NC(=O)NC32)nn1. The van der Waals surface area contributed by atoms with Gasteiger partial charge in [-0.3, -0.25) is 14.4 Å². The van der Waals surface area contributed by atoms with Crippen molar-refractivity contribution in [1.82, 2.24) is 41.6 Å². The summed E-state index contributed by atoms with van der Waals surface area (Å²) < 4.78 is 12.6. The van der Waals surface area contributed by atoms with Crippen LogP contribution in [0.2, 0.25) is 0 Å². The molecular formula is C32H56N8O6S. The second-order valence-electron chi connectivity index (χ2n) is 12.2. The Bertz CT molecular complexity index is 1080. The minimum absolute atomic E-state index is 0.0223. The van der Waals surface area contributed by atoms with E-state index in [1.165, 1.54) is 0 Å². The van der Waals surface area contributed by atoms with Crippen molar-refractivity contribution in [2.24, 2.45) is 0 Å². The number of amides is 5. The van der Waals surface area contributed by atoms with Gasteiger partial charge in [0.15, 0.2) is 0 Å². The second-order valence-corrected chi connectivity index (χ2v) is 13.4. The molecular weight excluding hydrogens is 624 g/mol. The van der Waals surface area contributed by atoms with Crippen LogP contribution in [0.1, 0.15) is 96.1 Å². The van der Waals surface area contributed by atoms with E-state index in [9.17, 15) is 19.2 Å². The lowest BCUT2D eigenvalue weighted by Crippen LogP contribution is -2.36. The number of hydrogen-bond donors (Lipinski definition) is 5. The minimum Gasteiger partial charge on any atom is -0.379 e. The lowest BCUT2D eigenvalue weighted by Gasteiger charge is -2.16. The molecule has 2 saturated heterocycles. The number of hydrogen-bond acceptors (Lipinski definition) is 9. The zero-order valence-corrected chi connectivity index (χ0v) is 28.9. The van der Waals surface area contributed by atoms with Crippen molar-refractivity contribution < 1.29 is 28.7 Å². The van der Waals surface area contributed by atoms with Crippen LogP contribution in [0.15, 0.2) is 6.20 Å². The number of fused-ring (bicyclic) bond motifs is 1. The average Bonchev–Trinajstić information content (AvgIpc) is 3.77. The number of carbonyl (C=O) groups is 4. The molecule has 3 atom stereocenters. The smallest absolute Gasteiger partial charge is 0.315 e. The predicted molar refractivity (Wildman–Crippen MR) is 181 cm³/mol. The molecule has 3 heterocycles. The van der Waals surface area contributed by atoms with Crippen LogP contribution in [0, 0.1) is 0 Å². The highest BCUT2D eigenvalue weighted by molar-refractivity contribution is 8.00. The molecule has 0 radical (unpaired) electrons. The van der Waals surface area contributed by atoms with Gasteiger partial charge in [0.05, 0.1) is 51.2 Å². The standard InChI is InChI=1S/C32H56N8O6S/c1-2-18-45-20-21-46-19-17-40-23-25(38-39-40)22-35-30(43)13-6-4-10-15-33-28(41)12-5-3-9-16-34-29(42)14-8-7-11-27-31-26(24-47-27)36-32(44)37-31/h23,26-27,31H,2-22,24H2,1H3,(H,33,41)(H,34,42)(H,35,43)(H2,36,37,44). The van der Waals surface area contributed by atoms with E-state index in [0.29, 0.717) is 76.2 Å². The summed E-state index contributed by atoms with van der Waals surface area (Å²) in [4.78, 5) is 47.8. The quantitative estimate of drug-likeness (QED) is 0.0690. The van der Waals surface area contributed by atoms with E-state index in [-0.39, 0.29) is 35.8 Å². The van der Waals surface area contributed by atoms with Gasteiger partial charge in [0.1, 0.15) is 5.69 Å². The zero-order chi connectivity index (χ0) is 33.5. The van der Waals surface area contributed by atoms with E-state index < -0.39 is 0 Å². The minimum atomic E-state index is -0.0608. The zero-order valence-electron chi connectivity index (χ0n) is 28.1. The summed E-state index contributed by atoms with van der Waals surface area (Å²) in [5.41, 5.74) is 0.705. The molecule has 1 aromatic heterocycles. The Balaban J connectivity index is 1.05. The highest BCUT2D eigenvalue weighted by atomic mass is 32.2. The maximum absolute atomic E-state index is 12.2. The number of nitrogens with zero attached hydrogens (tertiary/aromatic N) is 3. The molecule has 0 aromatic carbocycles. The summed E-state index contributed by atoms with van der Waals surface area (Å²) in [6.07, 6.45) is 12.1. The van der Waals surface area contributed by atoms with Crippen LogP contribution in [0.25, 0.3) is 0 Å². The van der Waals surface area contributed by atoms with Crippen LogP contribution in [-0.4, -0.2) is 101 Å². The molecule has 2 aliphatic rings. The van der Waals surface area contributed by atoms with E-state index in [1.807, 2.05) is 18.0 Å². The van der Waals surface area contributed by atoms with Gasteiger partial charge in [-0.2, -0.15) is 11.8 Å². The molecule has 0 aliphatic carbocycles. The van der Waals surface area contributed by atoms with Gasteiger partial charge in [0, 0.05) is 50.0 Å². The Morgan fingerprint density at radius 1 is 0.851 bits per heavy atom. The molecule has 3 rings (SSSR count). The number of urea groups is 1. The largest absolute Gasteiger partial charge is 0.379 e. The first-order chi connectivity index (χ1) is 22.9. The number of rotatable bonds is 27. The lowest BCUT2D eigenvalue weighted by molar-refractivity contribution is -0.122. The highest BCUT2D eigenvalue weighted by Crippen LogP contribution is 2.33. The monoisotopic (exact) mass is 680 g/mol. The molecule has 0 saturated carbocycles. The van der Waals surface area contributed by atoms with Crippen LogP contribution < -0.4 is 26.6 Å². The molecule has 0 bridgehead atoms. The van der Waals surface area contributed by atoms with Crippen molar-refractivity contribution in [3.63, 3.8) is 0 Å². The number of thioether (sulfide) groups is 1. The maximum Gasteiger partial charge on any atom is 0.315 e. The van der Waals surface area contributed by atoms with E-state index in [2.05, 4.69) is 43.8 Å². The molecule has 14 nitrogen and oxygen atoms in total. The maximum atomic E-state index is 12.2. The Morgan fingerprint density at radius 3 is 2.17 bits per heavy atom. The summed E-state index contributed by atoms with van der Waals surface area (Å²) in [5.74, 6) is 1.07. The summed E-state index contributed by atoms with van der Waals surface area (Å²) >= 11 is 1.90. The predicted octanol–water partition coefficient (Wildman–Crippen LogP) is 2.42. The first kappa shape index (κ1) is 38.5. The van der Waals surface area contributed by atoms with Crippen molar-refractivity contribution >= 4 is 35.5 Å². The van der Waals surface area contributed by atoms with Gasteiger partial charge < -0.3 is 36.1 Å². The molecule has 266 valence electrons. The van der Waals surface area contributed by atoms with Crippen molar-refractivity contribution in [3.8, 4) is 0 Å². The fraction of sp³-hybridized carbons (Fsp3) is 0.812. The summed E-state index contributed by atoms with van der Waals surface area (Å²) in [7, 11) is 0. The first-order valence-electron chi connectivity index (χ1n) is 17.5. The van der Waals surface area contributed by atoms with E-state index in [4.69, 9.17) is 9.47 Å². The van der Waals surface area contributed by atoms with Gasteiger partial charge in [0.2, 0.25) is 17.7 Å². The molecule has 2 fully saturated rings. The van der Waals surface area contributed by atoms with E-state index >= 15 is 0 Å². The van der Waals surface area contributed by atoms with Gasteiger partial charge >= 0.3 is 6.03 Å². The van der Waals surface area contributed by atoms with Crippen molar-refractivity contribution in [3.05, 3.63) is 11.9 Å². The van der Waals surface area contributed by atoms with Crippen molar-refractivity contribution in [2.45, 2.75) is 121 Å². The Hall–Kier alpha value is -2.91. The van der Waals surface area contributed by atoms with Crippen molar-refractivity contribution in [1.29, 1.82) is 0 Å². The first-order valence-corrected chi connectivity index (χ1v) is 18.5. The van der Waals surface area contributed by atoms with Gasteiger partial charge in [-0.05, 0) is 44.9 Å². The molecule has 2 aliphatic heterocycles. The fourth-order valence-corrected chi connectivity index (χ4v) is 7.06. The second kappa shape index (κ2) is 23.4. The molecule has 5 amide bonds. The molecule has 1 aromatic rings. The van der Waals surface area contributed by atoms with Crippen LogP contribution in [0.4, 0.5) is 4.79 Å². The lowest BCUT2D eigenvalue weighted by atomic mass is 10.0. The molecule has 15 heteroatoms. The van der Waals surface area contributed by atoms with E-state index in [1.54, 1.807) is 4.68 Å². The fourth-order valence-electron chi connectivity index (χ4n) is 5.51. The van der Waals surface area contributed by atoms with E-state index in [0.717, 1.165) is 76.6 Å². The molecule has 3 unspecified atom stereocenters. The van der Waals surface area contributed by atoms with Gasteiger partial charge in [-0.15, -0.1) is 5.10 Å². The summed E-state index contributed by atoms with van der Waals surface area (Å²) in [6, 6.07) is 0.406. The van der Waals surface area contributed by atoms with Crippen molar-refractivity contribution in [2.75, 3.05) is 45.3 Å². The molecule has 0 spiro atoms. The Morgan fingerprint density at radius 2 is 1.49 bits per heavy atom. The molecule has 5 N–H and O–H groups in total. The number of unbranched alkanes of at least 4 members (excludes halogenated alkanes) is 5. The third kappa shape index (κ3) is 16.7. The number of aromatic nitrogens is 3.